The molecule has 0 spiro atoms. The standard InChI is InChI=1S/C16H26N2O2.ClH/c1-4-13(2)14-8-5-6-9-15(14)20-12-16(19)18-11-7-10-17-3;/h5-6,8-9,13,17H,4,7,10-12H2,1-3H3,(H,18,19);1H. The van der Waals surface area contributed by atoms with Crippen molar-refractivity contribution in [3.63, 3.8) is 0 Å². The summed E-state index contributed by atoms with van der Waals surface area (Å²) in [7, 11) is 1.90. The molecule has 0 heterocycles. The van der Waals surface area contributed by atoms with E-state index in [4.69, 9.17) is 4.74 Å². The Morgan fingerprint density at radius 2 is 2.00 bits per heavy atom. The number of amides is 1. The van der Waals surface area contributed by atoms with Crippen LogP contribution >= 0.6 is 12.4 Å². The quantitative estimate of drug-likeness (QED) is 0.689. The molecule has 2 N–H and O–H groups in total. The molecule has 4 nitrogen and oxygen atoms in total. The highest BCUT2D eigenvalue weighted by molar-refractivity contribution is 5.85. The van der Waals surface area contributed by atoms with Crippen LogP contribution in [-0.4, -0.2) is 32.7 Å². The molecule has 0 saturated heterocycles. The number of carbonyl (C=O) groups excluding carboxylic acids is 1. The Bertz CT molecular complexity index is 413. The van der Waals surface area contributed by atoms with Gasteiger partial charge in [0.25, 0.3) is 5.91 Å². The summed E-state index contributed by atoms with van der Waals surface area (Å²) >= 11 is 0. The van der Waals surface area contributed by atoms with Gasteiger partial charge in [0.2, 0.25) is 0 Å². The van der Waals surface area contributed by atoms with Crippen LogP contribution in [0.5, 0.6) is 5.75 Å². The number of ether oxygens (including phenoxy) is 1. The van der Waals surface area contributed by atoms with Gasteiger partial charge in [0, 0.05) is 6.54 Å². The number of nitrogens with one attached hydrogen (secondary N) is 2. The first kappa shape index (κ1) is 19.7. The van der Waals surface area contributed by atoms with Crippen LogP contribution in [-0.2, 0) is 4.79 Å². The smallest absolute Gasteiger partial charge is 0.257 e. The van der Waals surface area contributed by atoms with E-state index in [1.165, 1.54) is 0 Å². The van der Waals surface area contributed by atoms with E-state index in [9.17, 15) is 4.79 Å². The van der Waals surface area contributed by atoms with Crippen molar-refractivity contribution in [2.24, 2.45) is 0 Å². The van der Waals surface area contributed by atoms with Crippen LogP contribution in [0.4, 0.5) is 0 Å². The summed E-state index contributed by atoms with van der Waals surface area (Å²) in [6.45, 7) is 5.97. The molecule has 0 aromatic heterocycles. The maximum Gasteiger partial charge on any atom is 0.257 e. The van der Waals surface area contributed by atoms with Crippen LogP contribution in [0.15, 0.2) is 24.3 Å². The first-order valence-corrected chi connectivity index (χ1v) is 7.32. The monoisotopic (exact) mass is 314 g/mol. The van der Waals surface area contributed by atoms with Gasteiger partial charge in [-0.25, -0.2) is 0 Å². The maximum atomic E-state index is 11.7. The molecule has 1 aromatic carbocycles. The highest BCUT2D eigenvalue weighted by atomic mass is 35.5. The maximum absolute atomic E-state index is 11.7. The minimum Gasteiger partial charge on any atom is -0.483 e. The van der Waals surface area contributed by atoms with Gasteiger partial charge < -0.3 is 15.4 Å². The van der Waals surface area contributed by atoms with Crippen LogP contribution < -0.4 is 15.4 Å². The fourth-order valence-electron chi connectivity index (χ4n) is 1.93. The molecular formula is C16H27ClN2O2. The molecule has 1 amide bonds. The van der Waals surface area contributed by atoms with Gasteiger partial charge in [-0.3, -0.25) is 4.79 Å². The van der Waals surface area contributed by atoms with E-state index in [0.29, 0.717) is 12.5 Å². The molecule has 0 fully saturated rings. The van der Waals surface area contributed by atoms with E-state index >= 15 is 0 Å². The number of hydrogen-bond acceptors (Lipinski definition) is 3. The van der Waals surface area contributed by atoms with Crippen molar-refractivity contribution < 1.29 is 9.53 Å². The summed E-state index contributed by atoms with van der Waals surface area (Å²) in [4.78, 5) is 11.7. The predicted octanol–water partition coefficient (Wildman–Crippen LogP) is 2.73. The second-order valence-electron chi connectivity index (χ2n) is 4.94. The number of para-hydroxylation sites is 1. The van der Waals surface area contributed by atoms with Crippen LogP contribution in [0.1, 0.15) is 38.2 Å². The summed E-state index contributed by atoms with van der Waals surface area (Å²) in [5.74, 6) is 1.18. The number of halogens is 1. The molecule has 1 atom stereocenters. The molecule has 0 saturated carbocycles. The molecule has 0 aliphatic heterocycles. The molecular weight excluding hydrogens is 288 g/mol. The van der Waals surface area contributed by atoms with Crippen LogP contribution in [0.25, 0.3) is 0 Å². The zero-order valence-electron chi connectivity index (χ0n) is 13.1. The fraction of sp³-hybridized carbons (Fsp3) is 0.562. The molecule has 120 valence electrons. The average Bonchev–Trinajstić information content (AvgIpc) is 2.49. The summed E-state index contributed by atoms with van der Waals surface area (Å²) in [5.41, 5.74) is 1.16. The molecule has 21 heavy (non-hydrogen) atoms. The van der Waals surface area contributed by atoms with Crippen molar-refractivity contribution in [3.05, 3.63) is 29.8 Å². The van der Waals surface area contributed by atoms with E-state index < -0.39 is 0 Å². The highest BCUT2D eigenvalue weighted by Gasteiger charge is 2.10. The third-order valence-electron chi connectivity index (χ3n) is 3.35. The number of benzene rings is 1. The largest absolute Gasteiger partial charge is 0.483 e. The zero-order chi connectivity index (χ0) is 14.8. The molecule has 1 rings (SSSR count). The summed E-state index contributed by atoms with van der Waals surface area (Å²) < 4.78 is 5.65. The fourth-order valence-corrected chi connectivity index (χ4v) is 1.93. The van der Waals surface area contributed by atoms with E-state index in [-0.39, 0.29) is 24.9 Å². The first-order chi connectivity index (χ1) is 9.69. The minimum atomic E-state index is -0.0694. The molecule has 5 heteroatoms. The van der Waals surface area contributed by atoms with E-state index in [2.05, 4.69) is 30.5 Å². The van der Waals surface area contributed by atoms with Gasteiger partial charge in [-0.1, -0.05) is 32.0 Å². The Hall–Kier alpha value is -1.26. The molecule has 0 aliphatic carbocycles. The van der Waals surface area contributed by atoms with Crippen LogP contribution in [0.3, 0.4) is 0 Å². The lowest BCUT2D eigenvalue weighted by atomic mass is 9.98. The number of rotatable bonds is 9. The Kier molecular flexibility index (Phi) is 10.7. The lowest BCUT2D eigenvalue weighted by molar-refractivity contribution is -0.123. The Balaban J connectivity index is 0.00000400. The third-order valence-corrected chi connectivity index (χ3v) is 3.35. The minimum absolute atomic E-state index is 0. The van der Waals surface area contributed by atoms with E-state index in [0.717, 1.165) is 30.7 Å². The van der Waals surface area contributed by atoms with Crippen molar-refractivity contribution in [3.8, 4) is 5.75 Å². The van der Waals surface area contributed by atoms with Gasteiger partial charge in [-0.2, -0.15) is 0 Å². The van der Waals surface area contributed by atoms with Gasteiger partial charge in [0.05, 0.1) is 0 Å². The van der Waals surface area contributed by atoms with Gasteiger partial charge >= 0.3 is 0 Å². The van der Waals surface area contributed by atoms with Gasteiger partial charge in [0.15, 0.2) is 6.61 Å². The normalized spacial score (nSPS) is 11.4. The molecule has 0 radical (unpaired) electrons. The third kappa shape index (κ3) is 7.34. The Morgan fingerprint density at radius 3 is 2.67 bits per heavy atom. The second kappa shape index (κ2) is 11.4. The van der Waals surface area contributed by atoms with Gasteiger partial charge in [-0.05, 0) is 44.0 Å². The van der Waals surface area contributed by atoms with Crippen molar-refractivity contribution >= 4 is 18.3 Å². The van der Waals surface area contributed by atoms with Crippen molar-refractivity contribution in [1.29, 1.82) is 0 Å². The Morgan fingerprint density at radius 1 is 1.29 bits per heavy atom. The molecule has 1 unspecified atom stereocenters. The summed E-state index contributed by atoms with van der Waals surface area (Å²) in [5, 5.41) is 5.89. The van der Waals surface area contributed by atoms with Gasteiger partial charge in [-0.15, -0.1) is 12.4 Å². The van der Waals surface area contributed by atoms with E-state index in [1.807, 2.05) is 25.2 Å². The van der Waals surface area contributed by atoms with Gasteiger partial charge in [0.1, 0.15) is 5.75 Å². The summed E-state index contributed by atoms with van der Waals surface area (Å²) in [6.07, 6.45) is 1.97. The highest BCUT2D eigenvalue weighted by Crippen LogP contribution is 2.28. The number of hydrogen-bond donors (Lipinski definition) is 2. The zero-order valence-corrected chi connectivity index (χ0v) is 14.0. The number of carbonyl (C=O) groups is 1. The lowest BCUT2D eigenvalue weighted by Gasteiger charge is -2.15. The van der Waals surface area contributed by atoms with Crippen LogP contribution in [0.2, 0.25) is 0 Å². The second-order valence-corrected chi connectivity index (χ2v) is 4.94. The van der Waals surface area contributed by atoms with Crippen molar-refractivity contribution in [2.45, 2.75) is 32.6 Å². The van der Waals surface area contributed by atoms with E-state index in [1.54, 1.807) is 0 Å². The molecule has 1 aromatic rings. The van der Waals surface area contributed by atoms with Crippen LogP contribution in [0, 0.1) is 0 Å². The van der Waals surface area contributed by atoms with Crippen molar-refractivity contribution in [1.82, 2.24) is 10.6 Å². The average molecular weight is 315 g/mol. The molecule has 0 bridgehead atoms. The van der Waals surface area contributed by atoms with Crippen molar-refractivity contribution in [2.75, 3.05) is 26.7 Å². The molecule has 0 aliphatic rings. The SMILES string of the molecule is CCC(C)c1ccccc1OCC(=O)NCCCNC.Cl. The first-order valence-electron chi connectivity index (χ1n) is 7.32. The predicted molar refractivity (Wildman–Crippen MR) is 89.4 cm³/mol. The topological polar surface area (TPSA) is 50.4 Å². The lowest BCUT2D eigenvalue weighted by Crippen LogP contribution is -2.31. The Labute approximate surface area is 134 Å². The summed E-state index contributed by atoms with van der Waals surface area (Å²) in [6, 6.07) is 7.93.